The van der Waals surface area contributed by atoms with Crippen LogP contribution < -0.4 is 4.90 Å². The summed E-state index contributed by atoms with van der Waals surface area (Å²) in [5.41, 5.74) is 6.01. The zero-order valence-electron chi connectivity index (χ0n) is 23.2. The van der Waals surface area contributed by atoms with Crippen LogP contribution in [0.3, 0.4) is 0 Å². The van der Waals surface area contributed by atoms with Crippen molar-refractivity contribution in [2.24, 2.45) is 0 Å². The molecule has 3 heteroatoms. The van der Waals surface area contributed by atoms with E-state index in [1.807, 2.05) is 22.7 Å². The Morgan fingerprint density at radius 2 is 1.02 bits per heavy atom. The van der Waals surface area contributed by atoms with Crippen LogP contribution in [0, 0.1) is 0 Å². The second-order valence-electron chi connectivity index (χ2n) is 10.9. The van der Waals surface area contributed by atoms with Crippen molar-refractivity contribution in [1.82, 2.24) is 0 Å². The van der Waals surface area contributed by atoms with E-state index in [0.717, 1.165) is 5.69 Å². The molecule has 0 unspecified atom stereocenters. The fourth-order valence-electron chi connectivity index (χ4n) is 6.47. The van der Waals surface area contributed by atoms with E-state index in [1.54, 1.807) is 0 Å². The summed E-state index contributed by atoms with van der Waals surface area (Å²) in [6.45, 7) is 0. The van der Waals surface area contributed by atoms with Gasteiger partial charge in [-0.15, -0.1) is 22.7 Å². The van der Waals surface area contributed by atoms with Crippen molar-refractivity contribution in [2.75, 3.05) is 4.90 Å². The topological polar surface area (TPSA) is 3.24 Å². The van der Waals surface area contributed by atoms with E-state index in [4.69, 9.17) is 0 Å². The first-order chi connectivity index (χ1) is 21.3. The van der Waals surface area contributed by atoms with Crippen LogP contribution in [0.25, 0.3) is 62.2 Å². The summed E-state index contributed by atoms with van der Waals surface area (Å²) >= 11 is 3.78. The largest absolute Gasteiger partial charge is 0.308 e. The highest BCUT2D eigenvalue weighted by Crippen LogP contribution is 2.49. The lowest BCUT2D eigenvalue weighted by Gasteiger charge is -2.27. The summed E-state index contributed by atoms with van der Waals surface area (Å²) in [6.07, 6.45) is 0. The SMILES string of the molecule is c1ccc(-c2ccc(N(c3cccc4c3sc3c5ccccc5ccc43)c3cccc4sc5ccccc5c34)cc2)cc1. The standard InChI is InChI=1S/C40H25NS2/c1-2-10-26(11-3-1)27-20-23-29(24-21-27)41(34-16-9-19-37-38(34)33-14-6-7-18-36(33)42-37)35-17-8-15-31-32-25-22-28-12-4-5-13-30(28)39(32)43-40(31)35/h1-25H. The molecule has 7 aromatic carbocycles. The van der Waals surface area contributed by atoms with Crippen molar-refractivity contribution in [2.45, 2.75) is 0 Å². The highest BCUT2D eigenvalue weighted by atomic mass is 32.1. The summed E-state index contributed by atoms with van der Waals surface area (Å²) in [6, 6.07) is 55.3. The molecule has 0 spiro atoms. The Bertz CT molecular complexity index is 2450. The molecule has 0 bridgehead atoms. The average molecular weight is 584 g/mol. The molecule has 0 fully saturated rings. The van der Waals surface area contributed by atoms with Gasteiger partial charge < -0.3 is 4.90 Å². The van der Waals surface area contributed by atoms with Crippen molar-refractivity contribution < 1.29 is 0 Å². The molecule has 43 heavy (non-hydrogen) atoms. The molecule has 202 valence electrons. The fourth-order valence-corrected chi connectivity index (χ4v) is 8.94. The molecule has 0 aliphatic carbocycles. The predicted octanol–water partition coefficient (Wildman–Crippen LogP) is 12.7. The highest BCUT2D eigenvalue weighted by Gasteiger charge is 2.22. The Labute approximate surface area is 257 Å². The monoisotopic (exact) mass is 583 g/mol. The first-order valence-corrected chi connectivity index (χ1v) is 16.2. The van der Waals surface area contributed by atoms with Crippen molar-refractivity contribution in [3.63, 3.8) is 0 Å². The van der Waals surface area contributed by atoms with Gasteiger partial charge in [0.2, 0.25) is 0 Å². The minimum absolute atomic E-state index is 1.15. The zero-order chi connectivity index (χ0) is 28.3. The molecule has 2 heterocycles. The Balaban J connectivity index is 1.34. The quantitative estimate of drug-likeness (QED) is 0.199. The second-order valence-corrected chi connectivity index (χ2v) is 13.0. The maximum Gasteiger partial charge on any atom is 0.0640 e. The Morgan fingerprint density at radius 3 is 1.91 bits per heavy atom. The van der Waals surface area contributed by atoms with Crippen molar-refractivity contribution in [3.8, 4) is 11.1 Å². The van der Waals surface area contributed by atoms with Gasteiger partial charge in [-0.05, 0) is 58.3 Å². The lowest BCUT2D eigenvalue weighted by Crippen LogP contribution is -2.10. The third-order valence-electron chi connectivity index (χ3n) is 8.46. The molecule has 9 aromatic rings. The number of thiophene rings is 2. The van der Waals surface area contributed by atoms with Crippen LogP contribution in [0.4, 0.5) is 17.1 Å². The van der Waals surface area contributed by atoms with E-state index in [0.29, 0.717) is 0 Å². The average Bonchev–Trinajstić information content (AvgIpc) is 3.65. The predicted molar refractivity (Wildman–Crippen MR) is 190 cm³/mol. The first kappa shape index (κ1) is 24.6. The van der Waals surface area contributed by atoms with E-state index in [2.05, 4.69) is 157 Å². The molecule has 0 aliphatic heterocycles. The highest BCUT2D eigenvalue weighted by molar-refractivity contribution is 7.27. The van der Waals surface area contributed by atoms with E-state index in [-0.39, 0.29) is 0 Å². The maximum absolute atomic E-state index is 2.48. The third-order valence-corrected chi connectivity index (χ3v) is 10.9. The molecule has 0 aliphatic rings. The fraction of sp³-hybridized carbons (Fsp3) is 0. The summed E-state index contributed by atoms with van der Waals surface area (Å²) in [4.78, 5) is 2.48. The zero-order valence-corrected chi connectivity index (χ0v) is 24.8. The number of hydrogen-bond donors (Lipinski definition) is 0. The van der Waals surface area contributed by atoms with E-state index >= 15 is 0 Å². The number of nitrogens with zero attached hydrogens (tertiary/aromatic N) is 1. The molecule has 1 nitrogen and oxygen atoms in total. The Kier molecular flexibility index (Phi) is 5.62. The summed E-state index contributed by atoms with van der Waals surface area (Å²) in [5, 5.41) is 7.83. The smallest absolute Gasteiger partial charge is 0.0640 e. The summed E-state index contributed by atoms with van der Waals surface area (Å²) in [7, 11) is 0. The Hall–Kier alpha value is -4.96. The van der Waals surface area contributed by atoms with E-state index < -0.39 is 0 Å². The molecule has 0 saturated carbocycles. The lowest BCUT2D eigenvalue weighted by atomic mass is 10.0. The van der Waals surface area contributed by atoms with Gasteiger partial charge in [-0.1, -0.05) is 115 Å². The van der Waals surface area contributed by atoms with Crippen LogP contribution in [-0.2, 0) is 0 Å². The van der Waals surface area contributed by atoms with Crippen LogP contribution in [0.5, 0.6) is 0 Å². The third kappa shape index (κ3) is 3.90. The normalized spacial score (nSPS) is 11.7. The van der Waals surface area contributed by atoms with Gasteiger partial charge in [0.15, 0.2) is 0 Å². The van der Waals surface area contributed by atoms with Crippen LogP contribution in [0.15, 0.2) is 152 Å². The first-order valence-electron chi connectivity index (χ1n) is 14.5. The minimum atomic E-state index is 1.15. The van der Waals surface area contributed by atoms with Gasteiger partial charge in [0.05, 0.1) is 16.1 Å². The maximum atomic E-state index is 2.48. The van der Waals surface area contributed by atoms with Crippen LogP contribution in [0.2, 0.25) is 0 Å². The molecule has 0 radical (unpaired) electrons. The van der Waals surface area contributed by atoms with Crippen molar-refractivity contribution in [3.05, 3.63) is 152 Å². The molecule has 0 saturated heterocycles. The molecule has 0 atom stereocenters. The number of benzene rings is 7. The van der Waals surface area contributed by atoms with E-state index in [9.17, 15) is 0 Å². The van der Waals surface area contributed by atoms with Gasteiger partial charge in [0, 0.05) is 41.3 Å². The van der Waals surface area contributed by atoms with Gasteiger partial charge in [0.1, 0.15) is 0 Å². The molecule has 0 amide bonds. The van der Waals surface area contributed by atoms with Crippen molar-refractivity contribution >= 4 is 90.9 Å². The van der Waals surface area contributed by atoms with Gasteiger partial charge in [-0.2, -0.15) is 0 Å². The minimum Gasteiger partial charge on any atom is -0.308 e. The van der Waals surface area contributed by atoms with Gasteiger partial charge >= 0.3 is 0 Å². The lowest BCUT2D eigenvalue weighted by molar-refractivity contribution is 1.32. The van der Waals surface area contributed by atoms with E-state index in [1.165, 1.54) is 73.6 Å². The molecule has 9 rings (SSSR count). The molecule has 0 N–H and O–H groups in total. The number of hydrogen-bond acceptors (Lipinski definition) is 3. The number of anilines is 3. The second kappa shape index (κ2) is 9.81. The molecular formula is C40H25NS2. The number of rotatable bonds is 4. The van der Waals surface area contributed by atoms with Crippen LogP contribution in [-0.4, -0.2) is 0 Å². The van der Waals surface area contributed by atoms with Gasteiger partial charge in [-0.25, -0.2) is 0 Å². The van der Waals surface area contributed by atoms with Crippen LogP contribution in [0.1, 0.15) is 0 Å². The van der Waals surface area contributed by atoms with Crippen molar-refractivity contribution in [1.29, 1.82) is 0 Å². The van der Waals surface area contributed by atoms with Gasteiger partial charge in [-0.3, -0.25) is 0 Å². The molecular weight excluding hydrogens is 559 g/mol. The Morgan fingerprint density at radius 1 is 0.372 bits per heavy atom. The number of fused-ring (bicyclic) bond motifs is 8. The molecule has 2 aromatic heterocycles. The summed E-state index contributed by atoms with van der Waals surface area (Å²) < 4.78 is 5.27. The van der Waals surface area contributed by atoms with Crippen LogP contribution >= 0.6 is 22.7 Å². The summed E-state index contributed by atoms with van der Waals surface area (Å²) in [5.74, 6) is 0. The van der Waals surface area contributed by atoms with Gasteiger partial charge in [0.25, 0.3) is 0 Å².